The molecule has 1 aliphatic carbocycles. The van der Waals surface area contributed by atoms with Crippen LogP contribution in [0.3, 0.4) is 0 Å². The third kappa shape index (κ3) is 2.50. The molecule has 0 unspecified atom stereocenters. The van der Waals surface area contributed by atoms with Gasteiger partial charge in [-0.15, -0.1) is 0 Å². The Morgan fingerprint density at radius 2 is 1.79 bits per heavy atom. The fraction of sp³-hybridized carbons (Fsp3) is 0.208. The Hall–Kier alpha value is -2.66. The molecule has 2 aliphatic rings. The van der Waals surface area contributed by atoms with Gasteiger partial charge in [0, 0.05) is 17.5 Å². The molecule has 4 atom stereocenters. The van der Waals surface area contributed by atoms with Crippen molar-refractivity contribution < 1.29 is 9.13 Å². The molecule has 0 saturated heterocycles. The first-order valence-electron chi connectivity index (χ1n) is 9.82. The van der Waals surface area contributed by atoms with Gasteiger partial charge in [-0.1, -0.05) is 43.3 Å². The lowest BCUT2D eigenvalue weighted by Crippen LogP contribution is -2.13. The summed E-state index contributed by atoms with van der Waals surface area (Å²) in [6.07, 6.45) is 0. The molecule has 29 heavy (non-hydrogen) atoms. The van der Waals surface area contributed by atoms with Crippen molar-refractivity contribution in [3.63, 3.8) is 0 Å². The molecule has 6 rings (SSSR count). The molecule has 3 aromatic carbocycles. The van der Waals surface area contributed by atoms with Gasteiger partial charge in [-0.3, -0.25) is 0 Å². The van der Waals surface area contributed by atoms with Gasteiger partial charge in [-0.25, -0.2) is 9.37 Å². The van der Waals surface area contributed by atoms with Gasteiger partial charge in [0.05, 0.1) is 21.5 Å². The number of hydrogen-bond acceptors (Lipinski definition) is 2. The SMILES string of the molecule is C[C@@H]1[C@@H]2c3nc4cc(F)c(Br)cc4n3[C@@H](c3ccccc3Oc3ccccc3)[C@H]12. The molecular weight excluding hydrogens is 431 g/mol. The normalized spacial score (nSPS) is 24.4. The lowest BCUT2D eigenvalue weighted by Gasteiger charge is -2.22. The number of para-hydroxylation sites is 2. The summed E-state index contributed by atoms with van der Waals surface area (Å²) < 4.78 is 23.1. The lowest BCUT2D eigenvalue weighted by molar-refractivity contribution is 0.450. The Balaban J connectivity index is 1.52. The van der Waals surface area contributed by atoms with Crippen LogP contribution in [0, 0.1) is 17.7 Å². The highest BCUT2D eigenvalue weighted by Gasteiger charge is 2.61. The molecule has 0 bridgehead atoms. The topological polar surface area (TPSA) is 27.1 Å². The van der Waals surface area contributed by atoms with E-state index in [2.05, 4.69) is 39.6 Å². The van der Waals surface area contributed by atoms with E-state index in [1.54, 1.807) is 0 Å². The fourth-order valence-corrected chi connectivity index (χ4v) is 5.30. The largest absolute Gasteiger partial charge is 0.457 e. The second kappa shape index (κ2) is 6.17. The lowest BCUT2D eigenvalue weighted by atomic mass is 10.00. The first-order valence-corrected chi connectivity index (χ1v) is 10.6. The third-order valence-electron chi connectivity index (χ3n) is 6.36. The van der Waals surface area contributed by atoms with Gasteiger partial charge in [0.15, 0.2) is 0 Å². The molecule has 0 amide bonds. The minimum Gasteiger partial charge on any atom is -0.457 e. The second-order valence-electron chi connectivity index (χ2n) is 7.96. The van der Waals surface area contributed by atoms with Gasteiger partial charge < -0.3 is 9.30 Å². The third-order valence-corrected chi connectivity index (χ3v) is 6.96. The molecule has 0 radical (unpaired) electrons. The van der Waals surface area contributed by atoms with Crippen molar-refractivity contribution in [1.82, 2.24) is 9.55 Å². The molecule has 1 fully saturated rings. The van der Waals surface area contributed by atoms with E-state index in [0.717, 1.165) is 28.4 Å². The van der Waals surface area contributed by atoms with Gasteiger partial charge >= 0.3 is 0 Å². The second-order valence-corrected chi connectivity index (χ2v) is 8.81. The summed E-state index contributed by atoms with van der Waals surface area (Å²) in [4.78, 5) is 4.82. The van der Waals surface area contributed by atoms with Crippen molar-refractivity contribution in [2.75, 3.05) is 0 Å². The molecular formula is C24H18BrFN2O. The highest BCUT2D eigenvalue weighted by Crippen LogP contribution is 2.66. The van der Waals surface area contributed by atoms with Crippen LogP contribution in [0.1, 0.15) is 30.3 Å². The number of imidazole rings is 1. The van der Waals surface area contributed by atoms with E-state index < -0.39 is 0 Å². The van der Waals surface area contributed by atoms with Crippen molar-refractivity contribution in [3.05, 3.63) is 88.4 Å². The van der Waals surface area contributed by atoms with E-state index >= 15 is 0 Å². The van der Waals surface area contributed by atoms with E-state index in [0.29, 0.717) is 27.7 Å². The minimum absolute atomic E-state index is 0.132. The Labute approximate surface area is 176 Å². The minimum atomic E-state index is -0.279. The molecule has 0 spiro atoms. The number of ether oxygens (including phenoxy) is 1. The molecule has 5 heteroatoms. The summed E-state index contributed by atoms with van der Waals surface area (Å²) in [5.41, 5.74) is 2.83. The monoisotopic (exact) mass is 448 g/mol. The van der Waals surface area contributed by atoms with Crippen LogP contribution in [0.4, 0.5) is 4.39 Å². The van der Waals surface area contributed by atoms with E-state index in [9.17, 15) is 4.39 Å². The Bertz CT molecular complexity index is 1250. The van der Waals surface area contributed by atoms with Crippen LogP contribution in [-0.4, -0.2) is 9.55 Å². The summed E-state index contributed by atoms with van der Waals surface area (Å²) in [5, 5.41) is 0. The highest BCUT2D eigenvalue weighted by molar-refractivity contribution is 9.10. The van der Waals surface area contributed by atoms with Crippen LogP contribution in [0.15, 0.2) is 71.2 Å². The van der Waals surface area contributed by atoms with Crippen LogP contribution in [0.25, 0.3) is 11.0 Å². The number of hydrogen-bond donors (Lipinski definition) is 0. The Kier molecular flexibility index (Phi) is 3.66. The van der Waals surface area contributed by atoms with Gasteiger partial charge in [0.25, 0.3) is 0 Å². The molecule has 2 heterocycles. The maximum atomic E-state index is 14.1. The van der Waals surface area contributed by atoms with Gasteiger partial charge in [0.1, 0.15) is 23.1 Å². The molecule has 0 N–H and O–H groups in total. The zero-order valence-corrected chi connectivity index (χ0v) is 17.3. The average Bonchev–Trinajstić information content (AvgIpc) is 3.07. The van der Waals surface area contributed by atoms with Gasteiger partial charge in [-0.05, 0) is 52.0 Å². The smallest absolute Gasteiger partial charge is 0.139 e. The molecule has 1 aliphatic heterocycles. The van der Waals surface area contributed by atoms with Crippen molar-refractivity contribution in [3.8, 4) is 11.5 Å². The van der Waals surface area contributed by atoms with Gasteiger partial charge in [0.2, 0.25) is 0 Å². The summed E-state index contributed by atoms with van der Waals surface area (Å²) in [6.45, 7) is 2.28. The first-order chi connectivity index (χ1) is 14.1. The zero-order chi connectivity index (χ0) is 19.7. The van der Waals surface area contributed by atoms with E-state index in [1.165, 1.54) is 6.07 Å². The number of rotatable bonds is 3. The molecule has 3 nitrogen and oxygen atoms in total. The number of aromatic nitrogens is 2. The maximum Gasteiger partial charge on any atom is 0.139 e. The molecule has 4 aromatic rings. The number of halogens is 2. The van der Waals surface area contributed by atoms with Crippen molar-refractivity contribution in [2.45, 2.75) is 18.9 Å². The highest BCUT2D eigenvalue weighted by atomic mass is 79.9. The van der Waals surface area contributed by atoms with Crippen LogP contribution >= 0.6 is 15.9 Å². The van der Waals surface area contributed by atoms with E-state index in [-0.39, 0.29) is 11.9 Å². The fourth-order valence-electron chi connectivity index (χ4n) is 4.97. The molecule has 1 saturated carbocycles. The Morgan fingerprint density at radius 1 is 1.03 bits per heavy atom. The quantitative estimate of drug-likeness (QED) is 0.349. The van der Waals surface area contributed by atoms with E-state index in [4.69, 9.17) is 9.72 Å². The summed E-state index contributed by atoms with van der Waals surface area (Å²) in [7, 11) is 0. The summed E-state index contributed by atoms with van der Waals surface area (Å²) in [5.74, 6) is 3.93. The van der Waals surface area contributed by atoms with Crippen LogP contribution in [-0.2, 0) is 0 Å². The number of nitrogens with zero attached hydrogens (tertiary/aromatic N) is 2. The predicted molar refractivity (Wildman–Crippen MR) is 114 cm³/mol. The summed E-state index contributed by atoms with van der Waals surface area (Å²) in [6, 6.07) is 21.6. The first kappa shape index (κ1) is 17.2. The van der Waals surface area contributed by atoms with Gasteiger partial charge in [-0.2, -0.15) is 0 Å². The predicted octanol–water partition coefficient (Wildman–Crippen LogP) is 6.68. The molecule has 144 valence electrons. The van der Waals surface area contributed by atoms with E-state index in [1.807, 2.05) is 48.5 Å². The average molecular weight is 449 g/mol. The van der Waals surface area contributed by atoms with Crippen LogP contribution < -0.4 is 4.74 Å². The standard InChI is InChI=1S/C24H18BrFN2O/c1-13-21-22(13)24-27-18-12-17(26)16(25)11-19(18)28(24)23(21)15-9-5-6-10-20(15)29-14-7-3-2-4-8-14/h2-13,21-23H,1H3/t13-,21+,22-,23-/m0/s1. The molecule has 1 aromatic heterocycles. The number of benzene rings is 3. The van der Waals surface area contributed by atoms with Crippen LogP contribution in [0.2, 0.25) is 0 Å². The zero-order valence-electron chi connectivity index (χ0n) is 15.7. The number of fused-ring (bicyclic) bond motifs is 5. The van der Waals surface area contributed by atoms with Crippen molar-refractivity contribution in [1.29, 1.82) is 0 Å². The van der Waals surface area contributed by atoms with Crippen molar-refractivity contribution >= 4 is 27.0 Å². The Morgan fingerprint density at radius 3 is 2.62 bits per heavy atom. The van der Waals surface area contributed by atoms with Crippen molar-refractivity contribution in [2.24, 2.45) is 11.8 Å². The van der Waals surface area contributed by atoms with Crippen LogP contribution in [0.5, 0.6) is 11.5 Å². The maximum absolute atomic E-state index is 14.1. The summed E-state index contributed by atoms with van der Waals surface area (Å²) >= 11 is 3.34.